The van der Waals surface area contributed by atoms with Crippen LogP contribution in [0.4, 0.5) is 10.1 Å². The Hall–Kier alpha value is -1.09. The predicted molar refractivity (Wildman–Crippen MR) is 72.1 cm³/mol. The molecular weight excluding hydrogens is 229 g/mol. The third kappa shape index (κ3) is 2.66. The van der Waals surface area contributed by atoms with Gasteiger partial charge in [0.15, 0.2) is 0 Å². The SMILES string of the molecule is CC1CCCC(N(C)c2cccc(F)c2CO)C1. The van der Waals surface area contributed by atoms with Crippen LogP contribution in [-0.4, -0.2) is 18.2 Å². The zero-order chi connectivity index (χ0) is 13.1. The first-order valence-electron chi connectivity index (χ1n) is 6.74. The lowest BCUT2D eigenvalue weighted by atomic mass is 9.86. The molecule has 0 spiro atoms. The average Bonchev–Trinajstić information content (AvgIpc) is 2.37. The minimum Gasteiger partial charge on any atom is -0.391 e. The molecule has 1 N–H and O–H groups in total. The van der Waals surface area contributed by atoms with Gasteiger partial charge in [0, 0.05) is 24.3 Å². The maximum atomic E-state index is 13.7. The molecule has 0 aliphatic heterocycles. The van der Waals surface area contributed by atoms with Crippen LogP contribution in [0.1, 0.15) is 38.2 Å². The van der Waals surface area contributed by atoms with Gasteiger partial charge in [0.2, 0.25) is 0 Å². The van der Waals surface area contributed by atoms with Crippen molar-refractivity contribution in [3.8, 4) is 0 Å². The molecule has 3 heteroatoms. The molecule has 0 bridgehead atoms. The van der Waals surface area contributed by atoms with Gasteiger partial charge in [-0.3, -0.25) is 0 Å². The van der Waals surface area contributed by atoms with Crippen molar-refractivity contribution in [3.05, 3.63) is 29.6 Å². The molecule has 2 rings (SSSR count). The van der Waals surface area contributed by atoms with Crippen molar-refractivity contribution in [3.63, 3.8) is 0 Å². The van der Waals surface area contributed by atoms with E-state index in [4.69, 9.17) is 0 Å². The van der Waals surface area contributed by atoms with Gasteiger partial charge in [-0.1, -0.05) is 25.8 Å². The quantitative estimate of drug-likeness (QED) is 0.890. The summed E-state index contributed by atoms with van der Waals surface area (Å²) in [6.45, 7) is 2.03. The zero-order valence-electron chi connectivity index (χ0n) is 11.2. The second-order valence-corrected chi connectivity index (χ2v) is 5.43. The fourth-order valence-corrected chi connectivity index (χ4v) is 2.98. The van der Waals surface area contributed by atoms with Gasteiger partial charge in [-0.15, -0.1) is 0 Å². The highest BCUT2D eigenvalue weighted by Crippen LogP contribution is 2.31. The summed E-state index contributed by atoms with van der Waals surface area (Å²) in [6, 6.07) is 5.48. The Labute approximate surface area is 108 Å². The second-order valence-electron chi connectivity index (χ2n) is 5.43. The Kier molecular flexibility index (Phi) is 4.23. The van der Waals surface area contributed by atoms with Gasteiger partial charge in [0.05, 0.1) is 6.61 Å². The minimum absolute atomic E-state index is 0.241. The van der Waals surface area contributed by atoms with Gasteiger partial charge in [0.1, 0.15) is 5.82 Å². The van der Waals surface area contributed by atoms with Gasteiger partial charge < -0.3 is 10.0 Å². The lowest BCUT2D eigenvalue weighted by Gasteiger charge is -2.36. The van der Waals surface area contributed by atoms with Crippen molar-refractivity contribution < 1.29 is 9.50 Å². The Balaban J connectivity index is 2.22. The standard InChI is InChI=1S/C15H22FNO/c1-11-5-3-6-12(9-11)17(2)15-8-4-7-14(16)13(15)10-18/h4,7-8,11-12,18H,3,5-6,9-10H2,1-2H3. The molecule has 2 unspecified atom stereocenters. The van der Waals surface area contributed by atoms with Gasteiger partial charge in [-0.25, -0.2) is 4.39 Å². The van der Waals surface area contributed by atoms with Crippen LogP contribution < -0.4 is 4.90 Å². The highest BCUT2D eigenvalue weighted by molar-refractivity contribution is 5.54. The molecule has 0 aromatic heterocycles. The number of halogens is 1. The number of hydrogen-bond acceptors (Lipinski definition) is 2. The van der Waals surface area contributed by atoms with E-state index < -0.39 is 0 Å². The first-order valence-corrected chi connectivity index (χ1v) is 6.74. The first-order chi connectivity index (χ1) is 8.63. The first kappa shape index (κ1) is 13.3. The molecule has 18 heavy (non-hydrogen) atoms. The third-order valence-corrected chi connectivity index (χ3v) is 4.09. The molecular formula is C15H22FNO. The van der Waals surface area contributed by atoms with Crippen molar-refractivity contribution in [2.75, 3.05) is 11.9 Å². The fraction of sp³-hybridized carbons (Fsp3) is 0.600. The zero-order valence-corrected chi connectivity index (χ0v) is 11.2. The van der Waals surface area contributed by atoms with Crippen molar-refractivity contribution in [1.82, 2.24) is 0 Å². The van der Waals surface area contributed by atoms with E-state index in [1.165, 1.54) is 18.9 Å². The Bertz CT molecular complexity index is 407. The molecule has 0 amide bonds. The Morgan fingerprint density at radius 2 is 2.17 bits per heavy atom. The lowest BCUT2D eigenvalue weighted by molar-refractivity contribution is 0.275. The highest BCUT2D eigenvalue weighted by atomic mass is 19.1. The van der Waals surface area contributed by atoms with Crippen molar-refractivity contribution in [2.24, 2.45) is 5.92 Å². The van der Waals surface area contributed by atoms with E-state index in [-0.39, 0.29) is 12.4 Å². The van der Waals surface area contributed by atoms with Crippen LogP contribution in [0.25, 0.3) is 0 Å². The number of aliphatic hydroxyl groups excluding tert-OH is 1. The van der Waals surface area contributed by atoms with Crippen LogP contribution in [0.15, 0.2) is 18.2 Å². The summed E-state index contributed by atoms with van der Waals surface area (Å²) >= 11 is 0. The predicted octanol–water partition coefficient (Wildman–Crippen LogP) is 3.33. The summed E-state index contributed by atoms with van der Waals surface area (Å²) in [5.41, 5.74) is 1.25. The molecule has 2 nitrogen and oxygen atoms in total. The van der Waals surface area contributed by atoms with E-state index in [0.29, 0.717) is 11.6 Å². The molecule has 100 valence electrons. The molecule has 1 saturated carbocycles. The van der Waals surface area contributed by atoms with E-state index in [9.17, 15) is 9.50 Å². The maximum absolute atomic E-state index is 13.7. The van der Waals surface area contributed by atoms with Gasteiger partial charge in [-0.2, -0.15) is 0 Å². The molecule has 1 aromatic carbocycles. The summed E-state index contributed by atoms with van der Waals surface area (Å²) < 4.78 is 13.7. The second kappa shape index (κ2) is 5.70. The van der Waals surface area contributed by atoms with Crippen LogP contribution in [0.3, 0.4) is 0 Å². The molecule has 1 aliphatic rings. The van der Waals surface area contributed by atoms with Crippen molar-refractivity contribution >= 4 is 5.69 Å². The van der Waals surface area contributed by atoms with Crippen molar-refractivity contribution in [2.45, 2.75) is 45.3 Å². The van der Waals surface area contributed by atoms with Crippen LogP contribution in [-0.2, 0) is 6.61 Å². The van der Waals surface area contributed by atoms with Gasteiger partial charge >= 0.3 is 0 Å². The van der Waals surface area contributed by atoms with E-state index in [1.54, 1.807) is 6.07 Å². The van der Waals surface area contributed by atoms with E-state index in [1.807, 2.05) is 13.1 Å². The largest absolute Gasteiger partial charge is 0.391 e. The fourth-order valence-electron chi connectivity index (χ4n) is 2.98. The summed E-state index contributed by atoms with van der Waals surface area (Å²) in [4.78, 5) is 2.14. The Morgan fingerprint density at radius 1 is 1.39 bits per heavy atom. The number of anilines is 1. The Morgan fingerprint density at radius 3 is 2.83 bits per heavy atom. The monoisotopic (exact) mass is 251 g/mol. The smallest absolute Gasteiger partial charge is 0.130 e. The van der Waals surface area contributed by atoms with Gasteiger partial charge in [0.25, 0.3) is 0 Å². The average molecular weight is 251 g/mol. The lowest BCUT2D eigenvalue weighted by Crippen LogP contribution is -2.36. The molecule has 2 atom stereocenters. The normalized spacial score (nSPS) is 24.0. The molecule has 1 fully saturated rings. The number of hydrogen-bond donors (Lipinski definition) is 1. The minimum atomic E-state index is -0.314. The van der Waals surface area contributed by atoms with Gasteiger partial charge in [-0.05, 0) is 30.9 Å². The molecule has 1 aromatic rings. The number of rotatable bonds is 3. The van der Waals surface area contributed by atoms with E-state index >= 15 is 0 Å². The van der Waals surface area contributed by atoms with Crippen LogP contribution in [0, 0.1) is 11.7 Å². The summed E-state index contributed by atoms with van der Waals surface area (Å²) in [5, 5.41) is 9.33. The third-order valence-electron chi connectivity index (χ3n) is 4.09. The molecule has 0 heterocycles. The molecule has 0 saturated heterocycles. The number of aliphatic hydroxyl groups is 1. The topological polar surface area (TPSA) is 23.5 Å². The van der Waals surface area contributed by atoms with Crippen LogP contribution >= 0.6 is 0 Å². The summed E-state index contributed by atoms with van der Waals surface area (Å²) in [6.07, 6.45) is 4.83. The number of nitrogens with zero attached hydrogens (tertiary/aromatic N) is 1. The van der Waals surface area contributed by atoms with Crippen molar-refractivity contribution in [1.29, 1.82) is 0 Å². The van der Waals surface area contributed by atoms with Crippen LogP contribution in [0.5, 0.6) is 0 Å². The molecule has 0 radical (unpaired) electrons. The summed E-state index contributed by atoms with van der Waals surface area (Å²) in [5.74, 6) is 0.419. The van der Waals surface area contributed by atoms with Crippen LogP contribution in [0.2, 0.25) is 0 Å². The summed E-state index contributed by atoms with van der Waals surface area (Å²) in [7, 11) is 2.01. The highest BCUT2D eigenvalue weighted by Gasteiger charge is 2.24. The molecule has 1 aliphatic carbocycles. The number of benzene rings is 1. The maximum Gasteiger partial charge on any atom is 0.130 e. The van der Waals surface area contributed by atoms with E-state index in [0.717, 1.165) is 24.4 Å². The van der Waals surface area contributed by atoms with E-state index in [2.05, 4.69) is 11.8 Å².